The van der Waals surface area contributed by atoms with E-state index in [-0.39, 0.29) is 5.91 Å². The van der Waals surface area contributed by atoms with Crippen LogP contribution in [0, 0.1) is 0 Å². The molecule has 2 rings (SSSR count). The van der Waals surface area contributed by atoms with Crippen LogP contribution in [0.25, 0.3) is 0 Å². The summed E-state index contributed by atoms with van der Waals surface area (Å²) in [5.41, 5.74) is 0.854. The molecule has 0 saturated heterocycles. The van der Waals surface area contributed by atoms with E-state index in [0.29, 0.717) is 6.42 Å². The Hall–Kier alpha value is -1.17. The molecule has 0 radical (unpaired) electrons. The van der Waals surface area contributed by atoms with Gasteiger partial charge in [-0.2, -0.15) is 0 Å². The second kappa shape index (κ2) is 8.32. The fourth-order valence-electron chi connectivity index (χ4n) is 2.01. The standard InChI is InChI=1S/C16H19BrN2OS/c1-2-19(12-14-8-9-15(17)21-14)11-10-16(20)18-13-6-4-3-5-7-13/h3-9H,2,10-12H2,1H3,(H,18,20). The number of anilines is 1. The highest BCUT2D eigenvalue weighted by Crippen LogP contribution is 2.23. The van der Waals surface area contributed by atoms with Gasteiger partial charge in [0.2, 0.25) is 5.91 Å². The number of benzene rings is 1. The van der Waals surface area contributed by atoms with Gasteiger partial charge in [-0.3, -0.25) is 9.69 Å². The molecule has 112 valence electrons. The summed E-state index contributed by atoms with van der Waals surface area (Å²) in [6, 6.07) is 13.8. The summed E-state index contributed by atoms with van der Waals surface area (Å²) >= 11 is 5.22. The second-order valence-electron chi connectivity index (χ2n) is 4.74. The van der Waals surface area contributed by atoms with Crippen LogP contribution in [0.1, 0.15) is 18.2 Å². The Labute approximate surface area is 138 Å². The number of nitrogens with one attached hydrogen (secondary N) is 1. The number of carbonyl (C=O) groups excluding carboxylic acids is 1. The number of hydrogen-bond donors (Lipinski definition) is 1. The Morgan fingerprint density at radius 2 is 2.00 bits per heavy atom. The van der Waals surface area contributed by atoms with E-state index in [0.717, 1.165) is 29.1 Å². The van der Waals surface area contributed by atoms with Crippen molar-refractivity contribution >= 4 is 38.9 Å². The molecular formula is C16H19BrN2OS. The molecule has 0 aliphatic heterocycles. The topological polar surface area (TPSA) is 32.3 Å². The summed E-state index contributed by atoms with van der Waals surface area (Å²) in [7, 11) is 0. The largest absolute Gasteiger partial charge is 0.326 e. The number of para-hydroxylation sites is 1. The van der Waals surface area contributed by atoms with Crippen molar-refractivity contribution in [2.75, 3.05) is 18.4 Å². The Morgan fingerprint density at radius 3 is 2.62 bits per heavy atom. The van der Waals surface area contributed by atoms with Crippen molar-refractivity contribution in [1.82, 2.24) is 4.90 Å². The summed E-state index contributed by atoms with van der Waals surface area (Å²) < 4.78 is 1.15. The normalized spacial score (nSPS) is 10.8. The SMILES string of the molecule is CCN(CCC(=O)Nc1ccccc1)Cc1ccc(Br)s1. The van der Waals surface area contributed by atoms with Crippen LogP contribution in [0.15, 0.2) is 46.3 Å². The highest BCUT2D eigenvalue weighted by atomic mass is 79.9. The molecule has 1 aromatic heterocycles. The highest BCUT2D eigenvalue weighted by molar-refractivity contribution is 9.11. The van der Waals surface area contributed by atoms with Gasteiger partial charge in [0.15, 0.2) is 0 Å². The zero-order valence-corrected chi connectivity index (χ0v) is 14.4. The number of carbonyl (C=O) groups is 1. The minimum atomic E-state index is 0.0620. The van der Waals surface area contributed by atoms with Gasteiger partial charge in [0.05, 0.1) is 3.79 Å². The van der Waals surface area contributed by atoms with Crippen LogP contribution >= 0.6 is 27.3 Å². The molecular weight excluding hydrogens is 348 g/mol. The lowest BCUT2D eigenvalue weighted by Crippen LogP contribution is -2.27. The maximum absolute atomic E-state index is 11.9. The van der Waals surface area contributed by atoms with E-state index in [1.807, 2.05) is 30.3 Å². The predicted molar refractivity (Wildman–Crippen MR) is 92.7 cm³/mol. The molecule has 0 aliphatic rings. The number of thiophene rings is 1. The van der Waals surface area contributed by atoms with Gasteiger partial charge in [-0.05, 0) is 46.7 Å². The third-order valence-corrected chi connectivity index (χ3v) is 4.78. The van der Waals surface area contributed by atoms with E-state index in [1.165, 1.54) is 4.88 Å². The van der Waals surface area contributed by atoms with Gasteiger partial charge >= 0.3 is 0 Å². The van der Waals surface area contributed by atoms with E-state index >= 15 is 0 Å². The minimum absolute atomic E-state index is 0.0620. The molecule has 0 atom stereocenters. The van der Waals surface area contributed by atoms with Gasteiger partial charge in [-0.15, -0.1) is 11.3 Å². The van der Waals surface area contributed by atoms with Crippen LogP contribution in [0.3, 0.4) is 0 Å². The smallest absolute Gasteiger partial charge is 0.225 e. The van der Waals surface area contributed by atoms with Gasteiger partial charge in [-0.25, -0.2) is 0 Å². The predicted octanol–water partition coefficient (Wildman–Crippen LogP) is 4.36. The Bertz CT molecular complexity index is 571. The molecule has 1 heterocycles. The number of hydrogen-bond acceptors (Lipinski definition) is 3. The lowest BCUT2D eigenvalue weighted by molar-refractivity contribution is -0.116. The molecule has 0 spiro atoms. The Kier molecular flexibility index (Phi) is 6.42. The van der Waals surface area contributed by atoms with Crippen LogP contribution in [0.5, 0.6) is 0 Å². The van der Waals surface area contributed by atoms with Crippen LogP contribution in [0.4, 0.5) is 5.69 Å². The van der Waals surface area contributed by atoms with Crippen LogP contribution in [-0.4, -0.2) is 23.9 Å². The summed E-state index contributed by atoms with van der Waals surface area (Å²) in [4.78, 5) is 15.5. The molecule has 0 fully saturated rings. The molecule has 3 nitrogen and oxygen atoms in total. The van der Waals surface area contributed by atoms with Crippen molar-refractivity contribution in [3.05, 3.63) is 51.1 Å². The van der Waals surface area contributed by atoms with Gasteiger partial charge in [0.25, 0.3) is 0 Å². The minimum Gasteiger partial charge on any atom is -0.326 e. The lowest BCUT2D eigenvalue weighted by Gasteiger charge is -2.19. The molecule has 0 bridgehead atoms. The Balaban J connectivity index is 1.78. The first-order valence-corrected chi connectivity index (χ1v) is 8.60. The van der Waals surface area contributed by atoms with Crippen LogP contribution in [-0.2, 0) is 11.3 Å². The van der Waals surface area contributed by atoms with Crippen molar-refractivity contribution in [3.8, 4) is 0 Å². The van der Waals surface area contributed by atoms with Crippen molar-refractivity contribution in [2.45, 2.75) is 19.9 Å². The Morgan fingerprint density at radius 1 is 1.24 bits per heavy atom. The number of rotatable bonds is 7. The van der Waals surface area contributed by atoms with Gasteiger partial charge in [0.1, 0.15) is 0 Å². The molecule has 1 aromatic carbocycles. The molecule has 0 saturated carbocycles. The van der Waals surface area contributed by atoms with Crippen molar-refractivity contribution in [3.63, 3.8) is 0 Å². The second-order valence-corrected chi connectivity index (χ2v) is 7.29. The van der Waals surface area contributed by atoms with Gasteiger partial charge < -0.3 is 5.32 Å². The van der Waals surface area contributed by atoms with Crippen molar-refractivity contribution < 1.29 is 4.79 Å². The van der Waals surface area contributed by atoms with Crippen molar-refractivity contribution in [1.29, 1.82) is 0 Å². The number of nitrogens with zero attached hydrogens (tertiary/aromatic N) is 1. The average molecular weight is 367 g/mol. The molecule has 1 N–H and O–H groups in total. The van der Waals surface area contributed by atoms with Gasteiger partial charge in [-0.1, -0.05) is 25.1 Å². The average Bonchev–Trinajstić information content (AvgIpc) is 2.89. The number of halogens is 1. The first-order chi connectivity index (χ1) is 10.2. The molecule has 21 heavy (non-hydrogen) atoms. The molecule has 0 aliphatic carbocycles. The first kappa shape index (κ1) is 16.2. The van der Waals surface area contributed by atoms with Gasteiger partial charge in [0, 0.05) is 30.1 Å². The van der Waals surface area contributed by atoms with Crippen molar-refractivity contribution in [2.24, 2.45) is 0 Å². The van der Waals surface area contributed by atoms with E-state index in [1.54, 1.807) is 11.3 Å². The third-order valence-electron chi connectivity index (χ3n) is 3.17. The lowest BCUT2D eigenvalue weighted by atomic mass is 10.3. The number of amides is 1. The van der Waals surface area contributed by atoms with Crippen LogP contribution < -0.4 is 5.32 Å². The van der Waals surface area contributed by atoms with E-state index < -0.39 is 0 Å². The third kappa shape index (κ3) is 5.61. The highest BCUT2D eigenvalue weighted by Gasteiger charge is 2.09. The first-order valence-electron chi connectivity index (χ1n) is 6.99. The maximum atomic E-state index is 11.9. The maximum Gasteiger partial charge on any atom is 0.225 e. The zero-order valence-electron chi connectivity index (χ0n) is 12.0. The quantitative estimate of drug-likeness (QED) is 0.789. The monoisotopic (exact) mass is 366 g/mol. The van der Waals surface area contributed by atoms with E-state index in [4.69, 9.17) is 0 Å². The fraction of sp³-hybridized carbons (Fsp3) is 0.312. The summed E-state index contributed by atoms with van der Waals surface area (Å²) in [5, 5.41) is 2.92. The van der Waals surface area contributed by atoms with E-state index in [9.17, 15) is 4.79 Å². The molecule has 1 amide bonds. The van der Waals surface area contributed by atoms with Crippen LogP contribution in [0.2, 0.25) is 0 Å². The summed E-state index contributed by atoms with van der Waals surface area (Å²) in [5.74, 6) is 0.0620. The molecule has 0 unspecified atom stereocenters. The van der Waals surface area contributed by atoms with E-state index in [2.05, 4.69) is 45.2 Å². The zero-order chi connectivity index (χ0) is 15.1. The summed E-state index contributed by atoms with van der Waals surface area (Å²) in [6.45, 7) is 4.72. The molecule has 5 heteroatoms. The fourth-order valence-corrected chi connectivity index (χ4v) is 3.54. The summed E-state index contributed by atoms with van der Waals surface area (Å²) in [6.07, 6.45) is 0.509. The molecule has 2 aromatic rings.